The van der Waals surface area contributed by atoms with Crippen LogP contribution in [0, 0.1) is 0 Å². The lowest BCUT2D eigenvalue weighted by Gasteiger charge is -2.42. The van der Waals surface area contributed by atoms with Gasteiger partial charge in [-0.1, -0.05) is 11.6 Å². The molecule has 2 saturated heterocycles. The Balaban J connectivity index is 1.75. The van der Waals surface area contributed by atoms with E-state index in [4.69, 9.17) is 17.3 Å². The fourth-order valence-electron chi connectivity index (χ4n) is 4.11. The molecule has 1 aromatic heterocycles. The maximum atomic E-state index is 14.2. The van der Waals surface area contributed by atoms with Gasteiger partial charge in [0, 0.05) is 25.2 Å². The van der Waals surface area contributed by atoms with Crippen LogP contribution in [0.2, 0.25) is 5.15 Å². The predicted octanol–water partition coefficient (Wildman–Crippen LogP) is 3.17. The van der Waals surface area contributed by atoms with E-state index in [-0.39, 0.29) is 35.0 Å². The summed E-state index contributed by atoms with van der Waals surface area (Å²) < 4.78 is 14.2. The minimum absolute atomic E-state index is 0.0381. The van der Waals surface area contributed by atoms with Crippen LogP contribution < -0.4 is 5.73 Å². The number of rotatable bonds is 3. The Labute approximate surface area is 163 Å². The number of allylic oxidation sites excluding steroid dienone is 1. The second-order valence-corrected chi connectivity index (χ2v) is 7.91. The number of nitrogens with two attached hydrogens (primary N) is 1. The molecule has 3 heterocycles. The van der Waals surface area contributed by atoms with Crippen LogP contribution in [0.1, 0.15) is 49.9 Å². The number of hydrogen-bond acceptors (Lipinski definition) is 4. The highest BCUT2D eigenvalue weighted by molar-refractivity contribution is 6.29. The number of carbonyl (C=O) groups excluding carboxylic acids is 2. The van der Waals surface area contributed by atoms with Gasteiger partial charge in [-0.25, -0.2) is 9.37 Å². The summed E-state index contributed by atoms with van der Waals surface area (Å²) in [6, 6.07) is 2.96. The molecule has 2 aliphatic rings. The molecular weight excluding hydrogens is 371 g/mol. The standard InChI is InChI=1S/C19H24ClFN4O2/c1-10(2)16(21)19(27)25-11-4-5-12(25)9-13(8-11)24(3)18(26)14-6-7-15(20)23-17(14)22/h6-7,11-13H,4-5,8-9H2,1-3H3,(H2,22,23). The van der Waals surface area contributed by atoms with Crippen LogP contribution in [0.5, 0.6) is 0 Å². The molecule has 2 amide bonds. The fraction of sp³-hybridized carbons (Fsp3) is 0.526. The van der Waals surface area contributed by atoms with Crippen LogP contribution in [0.3, 0.4) is 0 Å². The lowest BCUT2D eigenvalue weighted by molar-refractivity contribution is -0.133. The summed E-state index contributed by atoms with van der Waals surface area (Å²) in [4.78, 5) is 32.6. The fourth-order valence-corrected chi connectivity index (χ4v) is 4.26. The van der Waals surface area contributed by atoms with Gasteiger partial charge in [0.15, 0.2) is 5.83 Å². The minimum Gasteiger partial charge on any atom is -0.383 e. The van der Waals surface area contributed by atoms with Crippen molar-refractivity contribution in [3.8, 4) is 0 Å². The lowest BCUT2D eigenvalue weighted by atomic mass is 9.95. The maximum Gasteiger partial charge on any atom is 0.283 e. The molecule has 6 nitrogen and oxygen atoms in total. The van der Waals surface area contributed by atoms with Crippen molar-refractivity contribution in [2.45, 2.75) is 57.7 Å². The number of hydrogen-bond donors (Lipinski definition) is 1. The average molecular weight is 395 g/mol. The van der Waals surface area contributed by atoms with Crippen molar-refractivity contribution in [3.05, 3.63) is 34.2 Å². The van der Waals surface area contributed by atoms with Gasteiger partial charge in [-0.3, -0.25) is 9.59 Å². The maximum absolute atomic E-state index is 14.2. The number of aromatic nitrogens is 1. The van der Waals surface area contributed by atoms with Crippen LogP contribution in [-0.4, -0.2) is 51.8 Å². The molecule has 0 spiro atoms. The number of nitrogen functional groups attached to an aromatic ring is 1. The van der Waals surface area contributed by atoms with Crippen LogP contribution in [0.4, 0.5) is 10.2 Å². The van der Waals surface area contributed by atoms with Crippen molar-refractivity contribution in [2.24, 2.45) is 0 Å². The first-order valence-electron chi connectivity index (χ1n) is 9.05. The molecule has 2 N–H and O–H groups in total. The molecule has 1 aromatic rings. The summed E-state index contributed by atoms with van der Waals surface area (Å²) in [6.07, 6.45) is 2.91. The third-order valence-corrected chi connectivity index (χ3v) is 5.77. The molecule has 2 unspecified atom stereocenters. The lowest BCUT2D eigenvalue weighted by Crippen LogP contribution is -2.53. The Morgan fingerprint density at radius 3 is 2.37 bits per heavy atom. The molecule has 2 atom stereocenters. The van der Waals surface area contributed by atoms with Gasteiger partial charge in [0.05, 0.1) is 5.56 Å². The van der Waals surface area contributed by atoms with Crippen molar-refractivity contribution >= 4 is 29.2 Å². The summed E-state index contributed by atoms with van der Waals surface area (Å²) in [5, 5.41) is 0.234. The topological polar surface area (TPSA) is 79.5 Å². The van der Waals surface area contributed by atoms with E-state index in [1.54, 1.807) is 36.8 Å². The number of anilines is 1. The van der Waals surface area contributed by atoms with Gasteiger partial charge in [0.25, 0.3) is 11.8 Å². The minimum atomic E-state index is -0.671. The van der Waals surface area contributed by atoms with E-state index in [9.17, 15) is 14.0 Å². The molecule has 0 radical (unpaired) electrons. The molecule has 2 aliphatic heterocycles. The van der Waals surface area contributed by atoms with Crippen LogP contribution in [0.15, 0.2) is 23.5 Å². The Bertz CT molecular complexity index is 795. The van der Waals surface area contributed by atoms with Crippen molar-refractivity contribution < 1.29 is 14.0 Å². The number of piperidine rings is 1. The third kappa shape index (κ3) is 3.65. The van der Waals surface area contributed by atoms with Gasteiger partial charge in [-0.15, -0.1) is 0 Å². The number of pyridine rings is 1. The van der Waals surface area contributed by atoms with Crippen molar-refractivity contribution in [2.75, 3.05) is 12.8 Å². The number of carbonyl (C=O) groups is 2. The van der Waals surface area contributed by atoms with Gasteiger partial charge in [0.2, 0.25) is 0 Å². The monoisotopic (exact) mass is 394 g/mol. The molecule has 3 rings (SSSR count). The second kappa shape index (κ2) is 7.46. The summed E-state index contributed by atoms with van der Waals surface area (Å²) in [6.45, 7) is 3.19. The largest absolute Gasteiger partial charge is 0.383 e. The van der Waals surface area contributed by atoms with E-state index in [1.165, 1.54) is 6.07 Å². The van der Waals surface area contributed by atoms with Gasteiger partial charge < -0.3 is 15.5 Å². The summed E-state index contributed by atoms with van der Waals surface area (Å²) in [5.74, 6) is -1.33. The molecule has 8 heteroatoms. The molecule has 0 aromatic carbocycles. The van der Waals surface area contributed by atoms with E-state index in [0.717, 1.165) is 12.8 Å². The number of halogens is 2. The highest BCUT2D eigenvalue weighted by Crippen LogP contribution is 2.39. The SMILES string of the molecule is CC(C)=C(F)C(=O)N1C2CCC1CC(N(C)C(=O)c1ccc(Cl)nc1N)C2. The van der Waals surface area contributed by atoms with Gasteiger partial charge >= 0.3 is 0 Å². The zero-order valence-corrected chi connectivity index (χ0v) is 16.5. The smallest absolute Gasteiger partial charge is 0.283 e. The van der Waals surface area contributed by atoms with E-state index in [2.05, 4.69) is 4.98 Å². The van der Waals surface area contributed by atoms with Crippen molar-refractivity contribution in [1.29, 1.82) is 0 Å². The van der Waals surface area contributed by atoms with Gasteiger partial charge in [0.1, 0.15) is 11.0 Å². The van der Waals surface area contributed by atoms with Gasteiger partial charge in [-0.2, -0.15) is 0 Å². The number of amides is 2. The predicted molar refractivity (Wildman–Crippen MR) is 102 cm³/mol. The Morgan fingerprint density at radius 2 is 1.85 bits per heavy atom. The van der Waals surface area contributed by atoms with Crippen LogP contribution in [-0.2, 0) is 4.79 Å². The summed E-state index contributed by atoms with van der Waals surface area (Å²) >= 11 is 5.80. The van der Waals surface area contributed by atoms with Crippen molar-refractivity contribution in [1.82, 2.24) is 14.8 Å². The summed E-state index contributed by atoms with van der Waals surface area (Å²) in [7, 11) is 1.73. The molecule has 2 fully saturated rings. The highest BCUT2D eigenvalue weighted by Gasteiger charge is 2.45. The molecule has 0 saturated carbocycles. The van der Waals surface area contributed by atoms with E-state index < -0.39 is 11.7 Å². The normalized spacial score (nSPS) is 23.9. The first-order valence-corrected chi connectivity index (χ1v) is 9.43. The first-order chi connectivity index (χ1) is 12.7. The third-order valence-electron chi connectivity index (χ3n) is 5.56. The first kappa shape index (κ1) is 19.6. The Hall–Kier alpha value is -2.15. The number of nitrogens with zero attached hydrogens (tertiary/aromatic N) is 3. The van der Waals surface area contributed by atoms with Gasteiger partial charge in [-0.05, 0) is 57.2 Å². The number of fused-ring (bicyclic) bond motifs is 2. The zero-order valence-electron chi connectivity index (χ0n) is 15.7. The molecular formula is C19H24ClFN4O2. The summed E-state index contributed by atoms with van der Waals surface area (Å²) in [5.41, 5.74) is 6.53. The average Bonchev–Trinajstić information content (AvgIpc) is 2.88. The zero-order chi connectivity index (χ0) is 19.9. The molecule has 27 heavy (non-hydrogen) atoms. The second-order valence-electron chi connectivity index (χ2n) is 7.52. The highest BCUT2D eigenvalue weighted by atomic mass is 35.5. The van der Waals surface area contributed by atoms with E-state index in [1.807, 2.05) is 0 Å². The Kier molecular flexibility index (Phi) is 5.42. The van der Waals surface area contributed by atoms with E-state index in [0.29, 0.717) is 24.0 Å². The Morgan fingerprint density at radius 1 is 1.26 bits per heavy atom. The molecule has 0 aliphatic carbocycles. The molecule has 2 bridgehead atoms. The van der Waals surface area contributed by atoms with Crippen molar-refractivity contribution in [3.63, 3.8) is 0 Å². The van der Waals surface area contributed by atoms with Crippen LogP contribution >= 0.6 is 11.6 Å². The van der Waals surface area contributed by atoms with E-state index >= 15 is 0 Å². The van der Waals surface area contributed by atoms with Crippen LogP contribution in [0.25, 0.3) is 0 Å². The quantitative estimate of drug-likeness (QED) is 0.630. The molecule has 146 valence electrons.